The zero-order chi connectivity index (χ0) is 11.4. The highest BCUT2D eigenvalue weighted by Gasteiger charge is 1.97. The molecule has 0 bridgehead atoms. The highest BCUT2D eigenvalue weighted by Crippen LogP contribution is 2.37. The lowest BCUT2D eigenvalue weighted by Crippen LogP contribution is -1.73. The van der Waals surface area contributed by atoms with Crippen LogP contribution in [0.3, 0.4) is 0 Å². The zero-order valence-electron chi connectivity index (χ0n) is 9.44. The third-order valence-corrected chi connectivity index (χ3v) is 4.64. The van der Waals surface area contributed by atoms with Gasteiger partial charge in [0.05, 0.1) is 0 Å². The predicted molar refractivity (Wildman–Crippen MR) is 74.1 cm³/mol. The van der Waals surface area contributed by atoms with E-state index < -0.39 is 0 Å². The van der Waals surface area contributed by atoms with Gasteiger partial charge in [-0.3, -0.25) is 0 Å². The Balaban J connectivity index is 1.99. The molecule has 0 atom stereocenters. The van der Waals surface area contributed by atoms with E-state index in [1.165, 1.54) is 20.9 Å². The molecule has 0 aliphatic heterocycles. The van der Waals surface area contributed by atoms with E-state index in [9.17, 15) is 0 Å². The van der Waals surface area contributed by atoms with Crippen molar-refractivity contribution < 1.29 is 0 Å². The van der Waals surface area contributed by atoms with Gasteiger partial charge in [0.15, 0.2) is 0 Å². The van der Waals surface area contributed by atoms with Gasteiger partial charge in [-0.2, -0.15) is 0 Å². The smallest absolute Gasteiger partial charge is 0.0188 e. The van der Waals surface area contributed by atoms with E-state index >= 15 is 0 Å². The first-order chi connectivity index (χ1) is 7.74. The van der Waals surface area contributed by atoms with Crippen molar-refractivity contribution in [2.45, 2.75) is 23.6 Å². The Morgan fingerprint density at radius 3 is 2.06 bits per heavy atom. The summed E-state index contributed by atoms with van der Waals surface area (Å²) in [4.78, 5) is 2.61. The molecular formula is C14H14S2. The molecule has 0 radical (unpaired) electrons. The molecule has 82 valence electrons. The fourth-order valence-corrected chi connectivity index (χ4v) is 3.39. The molecule has 0 amide bonds. The van der Waals surface area contributed by atoms with E-state index in [4.69, 9.17) is 0 Å². The van der Waals surface area contributed by atoms with E-state index in [1.54, 1.807) is 0 Å². The van der Waals surface area contributed by atoms with Crippen molar-refractivity contribution in [3.63, 3.8) is 0 Å². The third kappa shape index (κ3) is 3.32. The molecule has 0 saturated heterocycles. The molecule has 2 heteroatoms. The Morgan fingerprint density at radius 1 is 0.688 bits per heavy atom. The molecule has 0 saturated carbocycles. The van der Waals surface area contributed by atoms with Crippen LogP contribution in [-0.2, 0) is 0 Å². The van der Waals surface area contributed by atoms with E-state index in [1.807, 2.05) is 21.6 Å². The summed E-state index contributed by atoms with van der Waals surface area (Å²) in [7, 11) is 3.62. The molecular weight excluding hydrogens is 232 g/mol. The largest absolute Gasteiger partial charge is 0.0609 e. The molecule has 16 heavy (non-hydrogen) atoms. The van der Waals surface area contributed by atoms with E-state index in [0.717, 1.165) is 0 Å². The van der Waals surface area contributed by atoms with Gasteiger partial charge in [-0.1, -0.05) is 51.4 Å². The van der Waals surface area contributed by atoms with Crippen LogP contribution in [0.25, 0.3) is 0 Å². The van der Waals surface area contributed by atoms with Crippen LogP contribution in [0.4, 0.5) is 0 Å². The lowest BCUT2D eigenvalue weighted by atomic mass is 10.2. The Kier molecular flexibility index (Phi) is 3.97. The maximum absolute atomic E-state index is 2.21. The monoisotopic (exact) mass is 246 g/mol. The summed E-state index contributed by atoms with van der Waals surface area (Å²) in [6, 6.07) is 17.2. The quantitative estimate of drug-likeness (QED) is 0.691. The van der Waals surface area contributed by atoms with Crippen LogP contribution < -0.4 is 0 Å². The Morgan fingerprint density at radius 2 is 1.38 bits per heavy atom. The molecule has 0 spiro atoms. The topological polar surface area (TPSA) is 0 Å². The standard InChI is InChI=1S/C14H14S2/c1-11-6-8-13(9-7-11)15-16-14-5-3-4-12(2)10-14/h3-10H,1-2H3. The van der Waals surface area contributed by atoms with Crippen molar-refractivity contribution in [3.05, 3.63) is 59.7 Å². The van der Waals surface area contributed by atoms with Crippen molar-refractivity contribution in [2.24, 2.45) is 0 Å². The van der Waals surface area contributed by atoms with E-state index in [0.29, 0.717) is 0 Å². The third-order valence-electron chi connectivity index (χ3n) is 2.24. The predicted octanol–water partition coefficient (Wildman–Crippen LogP) is 5.10. The first-order valence-corrected chi connectivity index (χ1v) is 7.37. The summed E-state index contributed by atoms with van der Waals surface area (Å²) in [5.41, 5.74) is 2.62. The summed E-state index contributed by atoms with van der Waals surface area (Å²) in [6.07, 6.45) is 0. The second-order valence-electron chi connectivity index (χ2n) is 3.80. The summed E-state index contributed by atoms with van der Waals surface area (Å²) in [5, 5.41) is 0. The summed E-state index contributed by atoms with van der Waals surface area (Å²) >= 11 is 0. The van der Waals surface area contributed by atoms with Gasteiger partial charge in [0.1, 0.15) is 0 Å². The minimum atomic E-state index is 1.30. The molecule has 2 aromatic carbocycles. The molecule has 0 nitrogen and oxygen atoms in total. The fraction of sp³-hybridized carbons (Fsp3) is 0.143. The van der Waals surface area contributed by atoms with Gasteiger partial charge in [-0.15, -0.1) is 0 Å². The lowest BCUT2D eigenvalue weighted by molar-refractivity contribution is 1.37. The van der Waals surface area contributed by atoms with Crippen molar-refractivity contribution in [3.8, 4) is 0 Å². The average molecular weight is 246 g/mol. The molecule has 0 aliphatic carbocycles. The average Bonchev–Trinajstić information content (AvgIpc) is 2.28. The van der Waals surface area contributed by atoms with Crippen LogP contribution in [0.15, 0.2) is 58.3 Å². The number of benzene rings is 2. The van der Waals surface area contributed by atoms with Gasteiger partial charge in [0, 0.05) is 9.79 Å². The van der Waals surface area contributed by atoms with Crippen molar-refractivity contribution in [2.75, 3.05) is 0 Å². The van der Waals surface area contributed by atoms with Crippen LogP contribution in [0.1, 0.15) is 11.1 Å². The van der Waals surface area contributed by atoms with Crippen molar-refractivity contribution in [1.29, 1.82) is 0 Å². The van der Waals surface area contributed by atoms with Crippen LogP contribution in [0.2, 0.25) is 0 Å². The van der Waals surface area contributed by atoms with Crippen LogP contribution in [-0.4, -0.2) is 0 Å². The second kappa shape index (κ2) is 5.46. The van der Waals surface area contributed by atoms with Crippen molar-refractivity contribution in [1.82, 2.24) is 0 Å². The summed E-state index contributed by atoms with van der Waals surface area (Å²) in [5.74, 6) is 0. The van der Waals surface area contributed by atoms with Gasteiger partial charge >= 0.3 is 0 Å². The van der Waals surface area contributed by atoms with E-state index in [-0.39, 0.29) is 0 Å². The lowest BCUT2D eigenvalue weighted by Gasteiger charge is -2.02. The van der Waals surface area contributed by atoms with Gasteiger partial charge in [0.2, 0.25) is 0 Å². The van der Waals surface area contributed by atoms with Crippen LogP contribution in [0.5, 0.6) is 0 Å². The maximum atomic E-state index is 2.21. The highest BCUT2D eigenvalue weighted by atomic mass is 33.1. The fourth-order valence-electron chi connectivity index (χ4n) is 1.36. The van der Waals surface area contributed by atoms with Crippen LogP contribution >= 0.6 is 21.6 Å². The maximum Gasteiger partial charge on any atom is 0.0188 e. The number of rotatable bonds is 3. The van der Waals surface area contributed by atoms with Crippen molar-refractivity contribution >= 4 is 21.6 Å². The molecule has 0 fully saturated rings. The molecule has 0 unspecified atom stereocenters. The summed E-state index contributed by atoms with van der Waals surface area (Å²) in [6.45, 7) is 4.24. The molecule has 0 N–H and O–H groups in total. The Bertz CT molecular complexity index is 460. The van der Waals surface area contributed by atoms with Gasteiger partial charge < -0.3 is 0 Å². The molecule has 2 rings (SSSR count). The van der Waals surface area contributed by atoms with E-state index in [2.05, 4.69) is 62.4 Å². The number of hydrogen-bond donors (Lipinski definition) is 0. The zero-order valence-corrected chi connectivity index (χ0v) is 11.1. The Hall–Kier alpha value is -0.860. The molecule has 0 aromatic heterocycles. The Labute approximate surface area is 105 Å². The first-order valence-electron chi connectivity index (χ1n) is 5.22. The van der Waals surface area contributed by atoms with Gasteiger partial charge in [-0.25, -0.2) is 0 Å². The van der Waals surface area contributed by atoms with Gasteiger partial charge in [-0.05, 0) is 43.7 Å². The number of aryl methyl sites for hydroxylation is 2. The first kappa shape index (κ1) is 11.6. The number of hydrogen-bond acceptors (Lipinski definition) is 2. The SMILES string of the molecule is Cc1ccc(SSc2cccc(C)c2)cc1. The molecule has 2 aromatic rings. The normalized spacial score (nSPS) is 10.4. The molecule has 0 heterocycles. The molecule has 0 aliphatic rings. The highest BCUT2D eigenvalue weighted by molar-refractivity contribution is 8.76. The minimum absolute atomic E-state index is 1.30. The summed E-state index contributed by atoms with van der Waals surface area (Å²) < 4.78 is 0. The second-order valence-corrected chi connectivity index (χ2v) is 6.07. The minimum Gasteiger partial charge on any atom is -0.0609 e. The van der Waals surface area contributed by atoms with Gasteiger partial charge in [0.25, 0.3) is 0 Å². The van der Waals surface area contributed by atoms with Crippen LogP contribution in [0, 0.1) is 13.8 Å².